The van der Waals surface area contributed by atoms with Crippen molar-refractivity contribution < 1.29 is 5.11 Å². The number of anilines is 2. The van der Waals surface area contributed by atoms with Gasteiger partial charge in [0, 0.05) is 30.2 Å². The highest BCUT2D eigenvalue weighted by Gasteiger charge is 2.24. The van der Waals surface area contributed by atoms with E-state index in [1.807, 2.05) is 36.7 Å². The normalized spacial score (nSPS) is 20.4. The van der Waals surface area contributed by atoms with Crippen LogP contribution in [0.25, 0.3) is 22.3 Å². The van der Waals surface area contributed by atoms with Crippen molar-refractivity contribution in [2.24, 2.45) is 5.73 Å². The van der Waals surface area contributed by atoms with Gasteiger partial charge in [-0.25, -0.2) is 4.98 Å². The molecule has 2 aromatic carbocycles. The molecule has 8 heteroatoms. The molecule has 2 aliphatic carbocycles. The van der Waals surface area contributed by atoms with Gasteiger partial charge >= 0.3 is 0 Å². The van der Waals surface area contributed by atoms with Crippen LogP contribution in [0.3, 0.4) is 0 Å². The number of benzene rings is 2. The lowest BCUT2D eigenvalue weighted by molar-refractivity contribution is 0.408. The van der Waals surface area contributed by atoms with Gasteiger partial charge in [0.25, 0.3) is 0 Å². The zero-order valence-electron chi connectivity index (χ0n) is 21.1. The standard InChI is InChI=1S/C29H35N7O/c30-21-6-5-7-22(16-21)33-29-34-27(26-28(35-29)36(18-32-26)23-8-1-2-9-23)31-17-19-12-14-20(15-13-19)24-10-3-4-11-25(24)37/h3-4,10-15,18,21-23,37H,1-2,5-9,16-17,30H2,(H2,31,33,34,35). The van der Waals surface area contributed by atoms with Gasteiger partial charge in [0.15, 0.2) is 17.0 Å². The maximum atomic E-state index is 10.2. The van der Waals surface area contributed by atoms with Crippen molar-refractivity contribution in [3.63, 3.8) is 0 Å². The molecule has 8 nitrogen and oxygen atoms in total. The molecule has 0 radical (unpaired) electrons. The third-order valence-electron chi connectivity index (χ3n) is 7.82. The number of phenolic OH excluding ortho intramolecular Hbond substituents is 1. The Morgan fingerprint density at radius 3 is 2.54 bits per heavy atom. The molecular formula is C29H35N7O. The van der Waals surface area contributed by atoms with Gasteiger partial charge in [-0.05, 0) is 55.7 Å². The van der Waals surface area contributed by atoms with Gasteiger partial charge in [0.2, 0.25) is 5.95 Å². The average Bonchev–Trinajstić information content (AvgIpc) is 3.58. The van der Waals surface area contributed by atoms with Crippen LogP contribution in [-0.4, -0.2) is 36.7 Å². The van der Waals surface area contributed by atoms with Crippen LogP contribution in [0.5, 0.6) is 5.75 Å². The fourth-order valence-corrected chi connectivity index (χ4v) is 5.80. The van der Waals surface area contributed by atoms with Crippen molar-refractivity contribution >= 4 is 22.9 Å². The molecule has 0 bridgehead atoms. The summed E-state index contributed by atoms with van der Waals surface area (Å²) in [4.78, 5) is 14.5. The number of phenols is 1. The predicted molar refractivity (Wildman–Crippen MR) is 148 cm³/mol. The maximum absolute atomic E-state index is 10.2. The first kappa shape index (κ1) is 23.7. The van der Waals surface area contributed by atoms with Crippen molar-refractivity contribution in [2.75, 3.05) is 10.6 Å². The van der Waals surface area contributed by atoms with Gasteiger partial charge in [-0.1, -0.05) is 55.3 Å². The maximum Gasteiger partial charge on any atom is 0.227 e. The van der Waals surface area contributed by atoms with E-state index in [-0.39, 0.29) is 11.8 Å². The van der Waals surface area contributed by atoms with Crippen LogP contribution in [0.1, 0.15) is 63.0 Å². The van der Waals surface area contributed by atoms with Gasteiger partial charge in [-0.15, -0.1) is 0 Å². The molecular weight excluding hydrogens is 462 g/mol. The smallest absolute Gasteiger partial charge is 0.227 e. The summed E-state index contributed by atoms with van der Waals surface area (Å²) in [5.41, 5.74) is 10.9. The quantitative estimate of drug-likeness (QED) is 0.262. The van der Waals surface area contributed by atoms with E-state index in [0.717, 1.165) is 59.4 Å². The number of nitrogens with one attached hydrogen (secondary N) is 2. The number of fused-ring (bicyclic) bond motifs is 1. The monoisotopic (exact) mass is 497 g/mol. The topological polar surface area (TPSA) is 114 Å². The molecule has 0 amide bonds. The number of hydrogen-bond acceptors (Lipinski definition) is 7. The van der Waals surface area contributed by atoms with Crippen molar-refractivity contribution in [3.8, 4) is 16.9 Å². The summed E-state index contributed by atoms with van der Waals surface area (Å²) in [5, 5.41) is 17.3. The largest absolute Gasteiger partial charge is 0.507 e. The van der Waals surface area contributed by atoms with Crippen LogP contribution in [0.2, 0.25) is 0 Å². The Kier molecular flexibility index (Phi) is 6.66. The van der Waals surface area contributed by atoms with Crippen molar-refractivity contribution in [1.29, 1.82) is 0 Å². The molecule has 2 heterocycles. The van der Waals surface area contributed by atoms with Gasteiger partial charge in [-0.3, -0.25) is 0 Å². The van der Waals surface area contributed by atoms with Gasteiger partial charge in [-0.2, -0.15) is 9.97 Å². The van der Waals surface area contributed by atoms with Crippen LogP contribution in [-0.2, 0) is 6.54 Å². The molecule has 2 fully saturated rings. The number of para-hydroxylation sites is 1. The van der Waals surface area contributed by atoms with Crippen LogP contribution >= 0.6 is 0 Å². The number of hydrogen-bond donors (Lipinski definition) is 4. The van der Waals surface area contributed by atoms with E-state index in [1.54, 1.807) is 6.07 Å². The lowest BCUT2D eigenvalue weighted by Gasteiger charge is -2.27. The number of rotatable bonds is 7. The second-order valence-corrected chi connectivity index (χ2v) is 10.5. The van der Waals surface area contributed by atoms with Crippen LogP contribution < -0.4 is 16.4 Å². The molecule has 5 N–H and O–H groups in total. The highest BCUT2D eigenvalue weighted by Crippen LogP contribution is 2.34. The van der Waals surface area contributed by atoms with Crippen molar-refractivity contribution in [2.45, 2.75) is 76.0 Å². The Labute approximate surface area is 217 Å². The Morgan fingerprint density at radius 2 is 1.76 bits per heavy atom. The molecule has 0 saturated heterocycles. The van der Waals surface area contributed by atoms with Gasteiger partial charge in [0.05, 0.1) is 6.33 Å². The minimum Gasteiger partial charge on any atom is -0.507 e. The Hall–Kier alpha value is -3.65. The Morgan fingerprint density at radius 1 is 0.946 bits per heavy atom. The van der Waals surface area contributed by atoms with E-state index in [9.17, 15) is 5.11 Å². The van der Waals surface area contributed by atoms with E-state index < -0.39 is 0 Å². The van der Waals surface area contributed by atoms with Crippen molar-refractivity contribution in [1.82, 2.24) is 19.5 Å². The number of nitrogens with two attached hydrogens (primary N) is 1. The number of imidazole rings is 1. The molecule has 6 rings (SSSR count). The number of aromatic nitrogens is 4. The summed E-state index contributed by atoms with van der Waals surface area (Å²) in [7, 11) is 0. The second kappa shape index (κ2) is 10.4. The fourth-order valence-electron chi connectivity index (χ4n) is 5.80. The first-order valence-corrected chi connectivity index (χ1v) is 13.5. The molecule has 0 aliphatic heterocycles. The molecule has 192 valence electrons. The van der Waals surface area contributed by atoms with Gasteiger partial charge in [0.1, 0.15) is 5.75 Å². The third-order valence-corrected chi connectivity index (χ3v) is 7.82. The molecule has 2 aromatic heterocycles. The van der Waals surface area contributed by atoms with E-state index >= 15 is 0 Å². The summed E-state index contributed by atoms with van der Waals surface area (Å²) in [6.45, 7) is 0.608. The molecule has 0 spiro atoms. The minimum absolute atomic E-state index is 0.234. The molecule has 2 aliphatic rings. The summed E-state index contributed by atoms with van der Waals surface area (Å²) in [6.07, 6.45) is 11.0. The molecule has 4 aromatic rings. The van der Waals surface area contributed by atoms with E-state index in [0.29, 0.717) is 24.6 Å². The summed E-state index contributed by atoms with van der Waals surface area (Å²) >= 11 is 0. The Bertz CT molecular complexity index is 1360. The molecule has 37 heavy (non-hydrogen) atoms. The predicted octanol–water partition coefficient (Wildman–Crippen LogP) is 5.61. The summed E-state index contributed by atoms with van der Waals surface area (Å²) in [5.74, 6) is 1.67. The first-order chi connectivity index (χ1) is 18.1. The zero-order chi connectivity index (χ0) is 25.2. The first-order valence-electron chi connectivity index (χ1n) is 13.5. The Balaban J connectivity index is 1.26. The van der Waals surface area contributed by atoms with Crippen LogP contribution in [0.15, 0.2) is 54.9 Å². The summed E-state index contributed by atoms with van der Waals surface area (Å²) in [6, 6.07) is 16.6. The lowest BCUT2D eigenvalue weighted by Crippen LogP contribution is -2.35. The third kappa shape index (κ3) is 5.11. The van der Waals surface area contributed by atoms with Crippen molar-refractivity contribution in [3.05, 3.63) is 60.4 Å². The van der Waals surface area contributed by atoms with Crippen LogP contribution in [0, 0.1) is 0 Å². The molecule has 2 unspecified atom stereocenters. The SMILES string of the molecule is NC1CCCC(Nc2nc(NCc3ccc(-c4ccccc4O)cc3)c3ncn(C4CCCC4)c3n2)C1. The van der Waals surface area contributed by atoms with Crippen LogP contribution in [0.4, 0.5) is 11.8 Å². The highest BCUT2D eigenvalue weighted by atomic mass is 16.3. The van der Waals surface area contributed by atoms with E-state index in [2.05, 4.69) is 27.3 Å². The average molecular weight is 498 g/mol. The second-order valence-electron chi connectivity index (χ2n) is 10.5. The molecule has 2 saturated carbocycles. The van der Waals surface area contributed by atoms with E-state index in [4.69, 9.17) is 20.7 Å². The molecule has 2 atom stereocenters. The fraction of sp³-hybridized carbons (Fsp3) is 0.414. The van der Waals surface area contributed by atoms with E-state index in [1.165, 1.54) is 25.7 Å². The van der Waals surface area contributed by atoms with Gasteiger partial charge < -0.3 is 26.0 Å². The number of aromatic hydroxyl groups is 1. The minimum atomic E-state index is 0.234. The lowest BCUT2D eigenvalue weighted by atomic mass is 9.92. The number of nitrogens with zero attached hydrogens (tertiary/aromatic N) is 4. The highest BCUT2D eigenvalue weighted by molar-refractivity contribution is 5.84. The zero-order valence-corrected chi connectivity index (χ0v) is 21.1. The summed E-state index contributed by atoms with van der Waals surface area (Å²) < 4.78 is 2.24.